The van der Waals surface area contributed by atoms with Gasteiger partial charge in [0, 0.05) is 0 Å². The molecule has 4 heterocycles. The van der Waals surface area contributed by atoms with Crippen LogP contribution in [0.1, 0.15) is 11.8 Å². The maximum Gasteiger partial charge on any atom is 0.341 e. The lowest BCUT2D eigenvalue weighted by molar-refractivity contribution is 0.0611. The van der Waals surface area contributed by atoms with Crippen LogP contribution in [-0.2, 0) is 16.0 Å². The van der Waals surface area contributed by atoms with Gasteiger partial charge >= 0.3 is 6.01 Å². The van der Waals surface area contributed by atoms with Crippen molar-refractivity contribution in [2.24, 2.45) is 0 Å². The maximum atomic E-state index is 6.01. The van der Waals surface area contributed by atoms with Crippen molar-refractivity contribution in [1.29, 1.82) is 0 Å². The first-order valence-electron chi connectivity index (χ1n) is 8.88. The molecule has 0 radical (unpaired) electrons. The number of para-hydroxylation sites is 1. The van der Waals surface area contributed by atoms with E-state index in [4.69, 9.17) is 18.6 Å². The molecule has 27 heavy (non-hydrogen) atoms. The van der Waals surface area contributed by atoms with Gasteiger partial charge in [-0.15, -0.1) is 0 Å². The van der Waals surface area contributed by atoms with Crippen LogP contribution < -0.4 is 10.1 Å². The average molecular weight is 369 g/mol. The van der Waals surface area contributed by atoms with Crippen molar-refractivity contribution in [2.45, 2.75) is 30.8 Å². The number of rotatable bonds is 6. The lowest BCUT2D eigenvalue weighted by atomic mass is 10.1. The van der Waals surface area contributed by atoms with E-state index in [1.165, 1.54) is 0 Å². The average Bonchev–Trinajstić information content (AvgIpc) is 3.47. The van der Waals surface area contributed by atoms with Gasteiger partial charge < -0.3 is 23.9 Å². The monoisotopic (exact) mass is 369 g/mol. The van der Waals surface area contributed by atoms with Gasteiger partial charge in [0.05, 0.1) is 32.1 Å². The molecule has 0 amide bonds. The van der Waals surface area contributed by atoms with Crippen molar-refractivity contribution in [3.05, 3.63) is 54.5 Å². The molecule has 0 aliphatic carbocycles. The molecule has 0 bridgehead atoms. The Morgan fingerprint density at radius 3 is 2.81 bits per heavy atom. The van der Waals surface area contributed by atoms with Gasteiger partial charge in [-0.1, -0.05) is 23.3 Å². The van der Waals surface area contributed by atoms with E-state index < -0.39 is 0 Å². The van der Waals surface area contributed by atoms with E-state index in [1.54, 1.807) is 10.9 Å². The summed E-state index contributed by atoms with van der Waals surface area (Å²) in [5.74, 6) is 1.56. The first-order valence-corrected chi connectivity index (χ1v) is 8.88. The fourth-order valence-corrected chi connectivity index (χ4v) is 3.56. The number of furan rings is 1. The molecule has 3 aromatic rings. The quantitative estimate of drug-likeness (QED) is 0.699. The van der Waals surface area contributed by atoms with E-state index >= 15 is 0 Å². The normalized spacial score (nSPS) is 27.0. The number of nitrogens with one attached hydrogen (secondary N) is 1. The number of tetrazole rings is 1. The fourth-order valence-electron chi connectivity index (χ4n) is 3.56. The van der Waals surface area contributed by atoms with E-state index in [1.807, 2.05) is 42.5 Å². The number of aromatic nitrogens is 4. The SMILES string of the molecule is c1ccc(Oc2nnnn2C2COC3C(NCc4ccco4)COC32)cc1. The van der Waals surface area contributed by atoms with Gasteiger partial charge in [-0.05, 0) is 34.7 Å². The molecule has 9 nitrogen and oxygen atoms in total. The molecule has 4 atom stereocenters. The molecule has 5 rings (SSSR count). The van der Waals surface area contributed by atoms with Crippen LogP contribution in [0.4, 0.5) is 0 Å². The van der Waals surface area contributed by atoms with Gasteiger partial charge in [0.1, 0.15) is 29.8 Å². The number of ether oxygens (including phenoxy) is 3. The van der Waals surface area contributed by atoms with Crippen molar-refractivity contribution in [3.63, 3.8) is 0 Å². The standard InChI is InChI=1S/C18H19N5O4/c1-2-5-12(6-3-1)27-18-20-21-22-23(18)15-11-26-16-14(10-25-17(15)16)19-9-13-7-4-8-24-13/h1-8,14-17,19H,9-11H2. The molecule has 0 saturated carbocycles. The Labute approximate surface area is 155 Å². The smallest absolute Gasteiger partial charge is 0.341 e. The van der Waals surface area contributed by atoms with Crippen molar-refractivity contribution in [3.8, 4) is 11.8 Å². The lowest BCUT2D eigenvalue weighted by Crippen LogP contribution is -2.40. The zero-order valence-electron chi connectivity index (χ0n) is 14.5. The number of benzene rings is 1. The second-order valence-electron chi connectivity index (χ2n) is 6.55. The Hall–Kier alpha value is -2.75. The summed E-state index contributed by atoms with van der Waals surface area (Å²) in [6, 6.07) is 13.5. The molecule has 0 spiro atoms. The molecule has 9 heteroatoms. The predicted octanol–water partition coefficient (Wildman–Crippen LogP) is 1.56. The van der Waals surface area contributed by atoms with Crippen molar-refractivity contribution < 1.29 is 18.6 Å². The molecule has 2 aliphatic rings. The predicted molar refractivity (Wildman–Crippen MR) is 92.2 cm³/mol. The minimum Gasteiger partial charge on any atom is -0.468 e. The van der Waals surface area contributed by atoms with Crippen molar-refractivity contribution >= 4 is 0 Å². The van der Waals surface area contributed by atoms with Crippen LogP contribution in [0.15, 0.2) is 53.1 Å². The molecule has 140 valence electrons. The second kappa shape index (κ2) is 7.10. The van der Waals surface area contributed by atoms with Crippen molar-refractivity contribution in [1.82, 2.24) is 25.5 Å². The lowest BCUT2D eigenvalue weighted by Gasteiger charge is -2.17. The van der Waals surface area contributed by atoms with Gasteiger partial charge in [0.2, 0.25) is 0 Å². The van der Waals surface area contributed by atoms with E-state index in [0.717, 1.165) is 5.76 Å². The Bertz CT molecular complexity index is 869. The minimum absolute atomic E-state index is 0.0706. The van der Waals surface area contributed by atoms with Crippen LogP contribution >= 0.6 is 0 Å². The molecular weight excluding hydrogens is 350 g/mol. The zero-order chi connectivity index (χ0) is 18.1. The first kappa shape index (κ1) is 16.4. The first-order chi connectivity index (χ1) is 13.4. The van der Waals surface area contributed by atoms with Crippen LogP contribution in [0.5, 0.6) is 11.8 Å². The highest BCUT2D eigenvalue weighted by atomic mass is 16.6. The van der Waals surface area contributed by atoms with Crippen LogP contribution in [0, 0.1) is 0 Å². The molecule has 2 saturated heterocycles. The van der Waals surface area contributed by atoms with Crippen LogP contribution in [0.2, 0.25) is 0 Å². The van der Waals surface area contributed by atoms with Crippen LogP contribution in [0.3, 0.4) is 0 Å². The number of hydrogen-bond acceptors (Lipinski definition) is 8. The highest BCUT2D eigenvalue weighted by Gasteiger charge is 2.49. The molecule has 1 N–H and O–H groups in total. The van der Waals surface area contributed by atoms with E-state index in [0.29, 0.717) is 31.5 Å². The minimum atomic E-state index is -0.140. The summed E-state index contributed by atoms with van der Waals surface area (Å²) in [5.41, 5.74) is 0. The summed E-state index contributed by atoms with van der Waals surface area (Å²) in [4.78, 5) is 0. The number of fused-ring (bicyclic) bond motifs is 1. The highest BCUT2D eigenvalue weighted by molar-refractivity contribution is 5.24. The summed E-state index contributed by atoms with van der Waals surface area (Å²) >= 11 is 0. The van der Waals surface area contributed by atoms with Gasteiger partial charge in [0.15, 0.2) is 0 Å². The van der Waals surface area contributed by atoms with E-state index in [2.05, 4.69) is 20.8 Å². The van der Waals surface area contributed by atoms with Gasteiger partial charge in [-0.25, -0.2) is 0 Å². The molecule has 2 aliphatic heterocycles. The highest BCUT2D eigenvalue weighted by Crippen LogP contribution is 2.36. The summed E-state index contributed by atoms with van der Waals surface area (Å²) < 4.78 is 24.9. The topological polar surface area (TPSA) is 96.5 Å². The van der Waals surface area contributed by atoms with E-state index in [9.17, 15) is 0 Å². The molecule has 4 unspecified atom stereocenters. The van der Waals surface area contributed by atoms with Gasteiger partial charge in [-0.3, -0.25) is 0 Å². The third kappa shape index (κ3) is 3.20. The summed E-state index contributed by atoms with van der Waals surface area (Å²) in [6.07, 6.45) is 1.46. The Kier molecular flexibility index (Phi) is 4.32. The zero-order valence-corrected chi connectivity index (χ0v) is 14.5. The number of hydrogen-bond donors (Lipinski definition) is 1. The third-order valence-corrected chi connectivity index (χ3v) is 4.87. The molecule has 2 aromatic heterocycles. The second-order valence-corrected chi connectivity index (χ2v) is 6.55. The Morgan fingerprint density at radius 2 is 1.96 bits per heavy atom. The Morgan fingerprint density at radius 1 is 1.07 bits per heavy atom. The molecular formula is C18H19N5O4. The summed E-state index contributed by atoms with van der Waals surface area (Å²) in [7, 11) is 0. The van der Waals surface area contributed by atoms with Crippen LogP contribution in [0.25, 0.3) is 0 Å². The third-order valence-electron chi connectivity index (χ3n) is 4.87. The molecule has 1 aromatic carbocycles. The Balaban J connectivity index is 1.27. The van der Waals surface area contributed by atoms with Gasteiger partial charge in [-0.2, -0.15) is 4.68 Å². The largest absolute Gasteiger partial charge is 0.468 e. The number of nitrogens with zero attached hydrogens (tertiary/aromatic N) is 4. The summed E-state index contributed by atoms with van der Waals surface area (Å²) in [5, 5.41) is 15.3. The van der Waals surface area contributed by atoms with Gasteiger partial charge in [0.25, 0.3) is 0 Å². The van der Waals surface area contributed by atoms with Crippen LogP contribution in [-0.4, -0.2) is 51.7 Å². The maximum absolute atomic E-state index is 6.01. The summed E-state index contributed by atoms with van der Waals surface area (Å²) in [6.45, 7) is 1.65. The fraction of sp³-hybridized carbons (Fsp3) is 0.389. The molecule has 2 fully saturated rings. The van der Waals surface area contributed by atoms with E-state index in [-0.39, 0.29) is 24.3 Å². The van der Waals surface area contributed by atoms with Crippen molar-refractivity contribution in [2.75, 3.05) is 13.2 Å².